The van der Waals surface area contributed by atoms with Gasteiger partial charge in [-0.25, -0.2) is 0 Å². The molecule has 17 heavy (non-hydrogen) atoms. The maximum atomic E-state index is 5.76. The number of nitrogens with zero attached hydrogens (tertiary/aromatic N) is 2. The van der Waals surface area contributed by atoms with Crippen LogP contribution in [-0.2, 0) is 16.0 Å². The summed E-state index contributed by atoms with van der Waals surface area (Å²) in [5, 5.41) is 7.63. The van der Waals surface area contributed by atoms with Gasteiger partial charge in [-0.1, -0.05) is 0 Å². The van der Waals surface area contributed by atoms with Crippen LogP contribution < -0.4 is 5.32 Å². The van der Waals surface area contributed by atoms with E-state index in [2.05, 4.69) is 33.3 Å². The first kappa shape index (κ1) is 13.0. The molecule has 1 saturated heterocycles. The van der Waals surface area contributed by atoms with E-state index in [9.17, 15) is 0 Å². The minimum absolute atomic E-state index is 0.0343. The molecule has 2 heterocycles. The molecule has 0 aromatic carbocycles. The SMILES string of the molecule is CCn1ncc(Br)c1C(NC)C1COCCO1. The van der Waals surface area contributed by atoms with Crippen molar-refractivity contribution in [1.82, 2.24) is 15.1 Å². The lowest BCUT2D eigenvalue weighted by molar-refractivity contribution is -0.102. The minimum atomic E-state index is 0.0343. The fourth-order valence-corrected chi connectivity index (χ4v) is 2.67. The lowest BCUT2D eigenvalue weighted by Gasteiger charge is -2.30. The number of likely N-dealkylation sites (N-methyl/N-ethyl adjacent to an activating group) is 1. The molecule has 6 heteroatoms. The Labute approximate surface area is 110 Å². The first-order valence-corrected chi connectivity index (χ1v) is 6.65. The van der Waals surface area contributed by atoms with Gasteiger partial charge < -0.3 is 14.8 Å². The van der Waals surface area contributed by atoms with Gasteiger partial charge in [0.2, 0.25) is 0 Å². The molecule has 0 aliphatic carbocycles. The Morgan fingerprint density at radius 1 is 1.65 bits per heavy atom. The van der Waals surface area contributed by atoms with E-state index >= 15 is 0 Å². The highest BCUT2D eigenvalue weighted by atomic mass is 79.9. The molecule has 2 rings (SSSR count). The number of nitrogens with one attached hydrogen (secondary N) is 1. The lowest BCUT2D eigenvalue weighted by atomic mass is 10.1. The van der Waals surface area contributed by atoms with Gasteiger partial charge >= 0.3 is 0 Å². The van der Waals surface area contributed by atoms with E-state index in [1.54, 1.807) is 0 Å². The zero-order valence-electron chi connectivity index (χ0n) is 10.1. The van der Waals surface area contributed by atoms with E-state index in [4.69, 9.17) is 9.47 Å². The third-order valence-electron chi connectivity index (χ3n) is 2.95. The van der Waals surface area contributed by atoms with Crippen LogP contribution in [-0.4, -0.2) is 42.8 Å². The smallest absolute Gasteiger partial charge is 0.102 e. The molecule has 0 radical (unpaired) electrons. The number of aryl methyl sites for hydroxylation is 1. The van der Waals surface area contributed by atoms with Crippen LogP contribution in [0.4, 0.5) is 0 Å². The van der Waals surface area contributed by atoms with E-state index in [0.717, 1.165) is 16.7 Å². The van der Waals surface area contributed by atoms with Crippen molar-refractivity contribution in [3.63, 3.8) is 0 Å². The minimum Gasteiger partial charge on any atom is -0.376 e. The van der Waals surface area contributed by atoms with Gasteiger partial charge in [0.25, 0.3) is 0 Å². The molecular weight excluding hydrogens is 286 g/mol. The third kappa shape index (κ3) is 2.70. The normalized spacial score (nSPS) is 22.6. The van der Waals surface area contributed by atoms with Crippen LogP contribution in [0.25, 0.3) is 0 Å². The van der Waals surface area contributed by atoms with Crippen molar-refractivity contribution < 1.29 is 9.47 Å². The molecule has 2 unspecified atom stereocenters. The van der Waals surface area contributed by atoms with Crippen LogP contribution in [0.3, 0.4) is 0 Å². The number of halogens is 1. The van der Waals surface area contributed by atoms with E-state index in [0.29, 0.717) is 19.8 Å². The molecule has 1 aliphatic rings. The summed E-state index contributed by atoms with van der Waals surface area (Å²) in [5.41, 5.74) is 1.12. The van der Waals surface area contributed by atoms with Crippen LogP contribution in [0, 0.1) is 0 Å². The van der Waals surface area contributed by atoms with Crippen molar-refractivity contribution in [2.75, 3.05) is 26.9 Å². The first-order chi connectivity index (χ1) is 8.27. The molecule has 1 aromatic rings. The topological polar surface area (TPSA) is 48.3 Å². The number of aromatic nitrogens is 2. The van der Waals surface area contributed by atoms with Gasteiger partial charge in [-0.2, -0.15) is 5.10 Å². The highest BCUT2D eigenvalue weighted by Crippen LogP contribution is 2.27. The third-order valence-corrected chi connectivity index (χ3v) is 3.56. The predicted octanol–water partition coefficient (Wildman–Crippen LogP) is 1.34. The number of hydrogen-bond acceptors (Lipinski definition) is 4. The second-order valence-electron chi connectivity index (χ2n) is 3.94. The van der Waals surface area contributed by atoms with Crippen molar-refractivity contribution in [3.05, 3.63) is 16.4 Å². The Bertz CT molecular complexity index is 364. The molecule has 96 valence electrons. The van der Waals surface area contributed by atoms with Gasteiger partial charge in [0.05, 0.1) is 42.2 Å². The molecule has 0 amide bonds. The lowest BCUT2D eigenvalue weighted by Crippen LogP contribution is -2.40. The monoisotopic (exact) mass is 303 g/mol. The summed E-state index contributed by atoms with van der Waals surface area (Å²) in [4.78, 5) is 0. The zero-order chi connectivity index (χ0) is 12.3. The van der Waals surface area contributed by atoms with Gasteiger partial charge in [0.15, 0.2) is 0 Å². The summed E-state index contributed by atoms with van der Waals surface area (Å²) in [6.45, 7) is 4.87. The Morgan fingerprint density at radius 3 is 3.06 bits per heavy atom. The molecule has 1 aliphatic heterocycles. The van der Waals surface area contributed by atoms with Crippen molar-refractivity contribution >= 4 is 15.9 Å². The number of rotatable bonds is 4. The summed E-state index contributed by atoms with van der Waals surface area (Å²) >= 11 is 3.55. The van der Waals surface area contributed by atoms with Crippen LogP contribution >= 0.6 is 15.9 Å². The number of hydrogen-bond donors (Lipinski definition) is 1. The highest BCUT2D eigenvalue weighted by molar-refractivity contribution is 9.10. The fraction of sp³-hybridized carbons (Fsp3) is 0.727. The Kier molecular flexibility index (Phi) is 4.55. The van der Waals surface area contributed by atoms with Crippen LogP contribution in [0.2, 0.25) is 0 Å². The molecule has 1 N–H and O–H groups in total. The molecule has 1 fully saturated rings. The molecule has 5 nitrogen and oxygen atoms in total. The summed E-state index contributed by atoms with van der Waals surface area (Å²) in [6.07, 6.45) is 1.86. The summed E-state index contributed by atoms with van der Waals surface area (Å²) < 4.78 is 14.2. The predicted molar refractivity (Wildman–Crippen MR) is 68.0 cm³/mol. The van der Waals surface area contributed by atoms with Crippen LogP contribution in [0.1, 0.15) is 18.7 Å². The van der Waals surface area contributed by atoms with Gasteiger partial charge in [0, 0.05) is 6.54 Å². The second kappa shape index (κ2) is 5.95. The van der Waals surface area contributed by atoms with Gasteiger partial charge in [-0.15, -0.1) is 0 Å². The summed E-state index contributed by atoms with van der Waals surface area (Å²) in [6, 6.07) is 0.0899. The van der Waals surface area contributed by atoms with E-state index < -0.39 is 0 Å². The average Bonchev–Trinajstić information content (AvgIpc) is 2.74. The summed E-state index contributed by atoms with van der Waals surface area (Å²) in [5.74, 6) is 0. The van der Waals surface area contributed by atoms with Gasteiger partial charge in [-0.3, -0.25) is 4.68 Å². The zero-order valence-corrected chi connectivity index (χ0v) is 11.7. The Balaban J connectivity index is 2.23. The summed E-state index contributed by atoms with van der Waals surface area (Å²) in [7, 11) is 1.93. The van der Waals surface area contributed by atoms with E-state index in [1.165, 1.54) is 0 Å². The average molecular weight is 304 g/mol. The van der Waals surface area contributed by atoms with Crippen molar-refractivity contribution in [3.8, 4) is 0 Å². The molecule has 1 aromatic heterocycles. The quantitative estimate of drug-likeness (QED) is 0.912. The van der Waals surface area contributed by atoms with Crippen LogP contribution in [0.5, 0.6) is 0 Å². The van der Waals surface area contributed by atoms with Gasteiger partial charge in [-0.05, 0) is 29.9 Å². The first-order valence-electron chi connectivity index (χ1n) is 5.85. The Hall–Kier alpha value is -0.430. The standard InChI is InChI=1S/C11H18BrN3O2/c1-3-15-11(8(12)6-14-15)10(13-2)9-7-16-4-5-17-9/h6,9-10,13H,3-5,7H2,1-2H3. The number of ether oxygens (including phenoxy) is 2. The molecular formula is C11H18BrN3O2. The Morgan fingerprint density at radius 2 is 2.47 bits per heavy atom. The van der Waals surface area contributed by atoms with E-state index in [1.807, 2.05) is 17.9 Å². The highest BCUT2D eigenvalue weighted by Gasteiger charge is 2.29. The maximum Gasteiger partial charge on any atom is 0.102 e. The largest absolute Gasteiger partial charge is 0.376 e. The molecule has 2 atom stereocenters. The van der Waals surface area contributed by atoms with Crippen molar-refractivity contribution in [1.29, 1.82) is 0 Å². The molecule has 0 bridgehead atoms. The van der Waals surface area contributed by atoms with E-state index in [-0.39, 0.29) is 12.1 Å². The second-order valence-corrected chi connectivity index (χ2v) is 4.80. The maximum absolute atomic E-state index is 5.76. The van der Waals surface area contributed by atoms with Crippen molar-refractivity contribution in [2.24, 2.45) is 0 Å². The van der Waals surface area contributed by atoms with Crippen molar-refractivity contribution in [2.45, 2.75) is 25.6 Å². The fourth-order valence-electron chi connectivity index (χ4n) is 2.13. The molecule has 0 spiro atoms. The van der Waals surface area contributed by atoms with Crippen LogP contribution in [0.15, 0.2) is 10.7 Å². The molecule has 0 saturated carbocycles. The van der Waals surface area contributed by atoms with Gasteiger partial charge in [0.1, 0.15) is 6.10 Å².